The predicted molar refractivity (Wildman–Crippen MR) is 163 cm³/mol. The maximum absolute atomic E-state index is 13.4. The Bertz CT molecular complexity index is 1510. The second kappa shape index (κ2) is 13.0. The Hall–Kier alpha value is -3.86. The van der Waals surface area contributed by atoms with Crippen LogP contribution in [-0.2, 0) is 24.1 Å². The SMILES string of the molecule is CCCN(Cc1cccc(C(=O)Nc2nc3c(s2)CC(N2CCOCC2)CC3)c1)C(=O)c1ccc(-n2ccnc2)cc1. The minimum absolute atomic E-state index is 0.0346. The first-order valence-corrected chi connectivity index (χ1v) is 15.5. The third kappa shape index (κ3) is 6.46. The number of fused-ring (bicyclic) bond motifs is 1. The van der Waals surface area contributed by atoms with Crippen molar-refractivity contribution in [1.82, 2.24) is 24.3 Å². The number of imidazole rings is 1. The lowest BCUT2D eigenvalue weighted by Crippen LogP contribution is -2.45. The summed E-state index contributed by atoms with van der Waals surface area (Å²) in [4.78, 5) is 41.1. The molecule has 0 bridgehead atoms. The molecule has 0 saturated carbocycles. The molecule has 1 atom stereocenters. The Kier molecular flexibility index (Phi) is 8.73. The molecule has 1 saturated heterocycles. The van der Waals surface area contributed by atoms with Gasteiger partial charge in [-0.1, -0.05) is 19.1 Å². The molecule has 1 N–H and O–H groups in total. The molecule has 6 rings (SSSR count). The molecule has 4 aromatic rings. The van der Waals surface area contributed by atoms with E-state index in [1.165, 1.54) is 4.88 Å². The first kappa shape index (κ1) is 28.3. The topological polar surface area (TPSA) is 92.6 Å². The average Bonchev–Trinajstić information content (AvgIpc) is 3.71. The number of hydrogen-bond acceptors (Lipinski definition) is 7. The second-order valence-corrected chi connectivity index (χ2v) is 11.9. The van der Waals surface area contributed by atoms with Gasteiger partial charge in [-0.25, -0.2) is 9.97 Å². The third-order valence-corrected chi connectivity index (χ3v) is 8.99. The molecule has 2 aromatic heterocycles. The van der Waals surface area contributed by atoms with Gasteiger partial charge >= 0.3 is 0 Å². The lowest BCUT2D eigenvalue weighted by atomic mass is 9.96. The van der Waals surface area contributed by atoms with Crippen LogP contribution in [0.4, 0.5) is 5.13 Å². The molecule has 0 radical (unpaired) electrons. The number of carbonyl (C=O) groups is 2. The number of benzene rings is 2. The molecular formula is C32H36N6O3S. The Labute approximate surface area is 250 Å². The lowest BCUT2D eigenvalue weighted by Gasteiger charge is -2.36. The van der Waals surface area contributed by atoms with Gasteiger partial charge in [-0.3, -0.25) is 19.8 Å². The van der Waals surface area contributed by atoms with E-state index in [4.69, 9.17) is 9.72 Å². The maximum Gasteiger partial charge on any atom is 0.257 e. The van der Waals surface area contributed by atoms with E-state index in [-0.39, 0.29) is 11.8 Å². The van der Waals surface area contributed by atoms with Gasteiger partial charge in [0.05, 0.1) is 25.2 Å². The third-order valence-electron chi connectivity index (χ3n) is 7.96. The van der Waals surface area contributed by atoms with Crippen molar-refractivity contribution in [3.05, 3.63) is 94.5 Å². The summed E-state index contributed by atoms with van der Waals surface area (Å²) in [6, 6.07) is 15.6. The van der Waals surface area contributed by atoms with Crippen molar-refractivity contribution in [1.29, 1.82) is 0 Å². The zero-order valence-electron chi connectivity index (χ0n) is 23.9. The van der Waals surface area contributed by atoms with Crippen LogP contribution in [0.15, 0.2) is 67.3 Å². The molecule has 10 heteroatoms. The minimum Gasteiger partial charge on any atom is -0.379 e. The number of nitrogens with zero attached hydrogens (tertiary/aromatic N) is 5. The number of thiazole rings is 1. The van der Waals surface area contributed by atoms with Crippen LogP contribution in [0.5, 0.6) is 0 Å². The first-order valence-electron chi connectivity index (χ1n) is 14.7. The number of carbonyl (C=O) groups excluding carboxylic acids is 2. The van der Waals surface area contributed by atoms with Crippen molar-refractivity contribution in [3.8, 4) is 5.69 Å². The number of hydrogen-bond donors (Lipinski definition) is 1. The Morgan fingerprint density at radius 3 is 2.71 bits per heavy atom. The summed E-state index contributed by atoms with van der Waals surface area (Å²) >= 11 is 1.59. The highest BCUT2D eigenvalue weighted by molar-refractivity contribution is 7.15. The molecule has 218 valence electrons. The van der Waals surface area contributed by atoms with E-state index in [9.17, 15) is 9.59 Å². The highest BCUT2D eigenvalue weighted by atomic mass is 32.1. The van der Waals surface area contributed by atoms with E-state index in [1.807, 2.05) is 64.2 Å². The van der Waals surface area contributed by atoms with Crippen LogP contribution in [0.1, 0.15) is 56.6 Å². The predicted octanol–water partition coefficient (Wildman–Crippen LogP) is 4.82. The quantitative estimate of drug-likeness (QED) is 0.303. The smallest absolute Gasteiger partial charge is 0.257 e. The van der Waals surface area contributed by atoms with Crippen molar-refractivity contribution in [2.75, 3.05) is 38.2 Å². The summed E-state index contributed by atoms with van der Waals surface area (Å²) in [5.41, 5.74) is 4.15. The summed E-state index contributed by atoms with van der Waals surface area (Å²) in [6.07, 6.45) is 9.16. The summed E-state index contributed by atoms with van der Waals surface area (Å²) in [6.45, 7) is 6.67. The summed E-state index contributed by atoms with van der Waals surface area (Å²) in [5, 5.41) is 3.68. The van der Waals surface area contributed by atoms with Gasteiger partial charge in [0.25, 0.3) is 11.8 Å². The highest BCUT2D eigenvalue weighted by Crippen LogP contribution is 2.32. The zero-order valence-corrected chi connectivity index (χ0v) is 24.7. The van der Waals surface area contributed by atoms with Gasteiger partial charge in [0, 0.05) is 66.3 Å². The van der Waals surface area contributed by atoms with E-state index >= 15 is 0 Å². The number of rotatable bonds is 9. The normalized spacial score (nSPS) is 17.0. The van der Waals surface area contributed by atoms with Gasteiger partial charge in [-0.15, -0.1) is 11.3 Å². The molecule has 9 nitrogen and oxygen atoms in total. The number of anilines is 1. The van der Waals surface area contributed by atoms with Crippen LogP contribution in [-0.4, -0.2) is 75.0 Å². The monoisotopic (exact) mass is 584 g/mol. The Morgan fingerprint density at radius 1 is 1.12 bits per heavy atom. The number of ether oxygens (including phenoxy) is 1. The molecule has 42 heavy (non-hydrogen) atoms. The van der Waals surface area contributed by atoms with E-state index in [2.05, 4.69) is 22.1 Å². The summed E-state index contributed by atoms with van der Waals surface area (Å²) in [5.74, 6) is -0.219. The Balaban J connectivity index is 1.10. The molecule has 1 aliphatic carbocycles. The van der Waals surface area contributed by atoms with Crippen LogP contribution in [0.2, 0.25) is 0 Å². The van der Waals surface area contributed by atoms with Gasteiger partial charge in [-0.2, -0.15) is 0 Å². The van der Waals surface area contributed by atoms with Crippen LogP contribution in [0.3, 0.4) is 0 Å². The van der Waals surface area contributed by atoms with E-state index in [0.717, 1.165) is 68.9 Å². The molecule has 0 spiro atoms. The largest absolute Gasteiger partial charge is 0.379 e. The van der Waals surface area contributed by atoms with Crippen molar-refractivity contribution >= 4 is 28.3 Å². The van der Waals surface area contributed by atoms with Crippen LogP contribution < -0.4 is 5.32 Å². The van der Waals surface area contributed by atoms with Gasteiger partial charge in [0.2, 0.25) is 0 Å². The highest BCUT2D eigenvalue weighted by Gasteiger charge is 2.28. The molecule has 3 heterocycles. The van der Waals surface area contributed by atoms with Crippen molar-refractivity contribution in [2.45, 2.75) is 45.2 Å². The fraction of sp³-hybridized carbons (Fsp3) is 0.375. The molecule has 2 aromatic carbocycles. The second-order valence-electron chi connectivity index (χ2n) is 10.8. The van der Waals surface area contributed by atoms with Gasteiger partial charge in [0.15, 0.2) is 5.13 Å². The van der Waals surface area contributed by atoms with Gasteiger partial charge in [-0.05, 0) is 67.6 Å². The fourth-order valence-corrected chi connectivity index (χ4v) is 6.83. The van der Waals surface area contributed by atoms with Gasteiger partial charge < -0.3 is 14.2 Å². The summed E-state index contributed by atoms with van der Waals surface area (Å²) < 4.78 is 7.42. The van der Waals surface area contributed by atoms with E-state index in [0.29, 0.717) is 35.4 Å². The number of aromatic nitrogens is 3. The average molecular weight is 585 g/mol. The summed E-state index contributed by atoms with van der Waals surface area (Å²) in [7, 11) is 0. The lowest BCUT2D eigenvalue weighted by molar-refractivity contribution is 0.0139. The van der Waals surface area contributed by atoms with Crippen LogP contribution in [0, 0.1) is 0 Å². The van der Waals surface area contributed by atoms with E-state index < -0.39 is 0 Å². The molecule has 2 amide bonds. The van der Waals surface area contributed by atoms with E-state index in [1.54, 1.807) is 23.9 Å². The molecule has 1 aliphatic heterocycles. The molecule has 1 unspecified atom stereocenters. The molecular weight excluding hydrogens is 548 g/mol. The Morgan fingerprint density at radius 2 is 1.95 bits per heavy atom. The molecule has 1 fully saturated rings. The first-order chi connectivity index (χ1) is 20.6. The van der Waals surface area contributed by atoms with Crippen molar-refractivity contribution < 1.29 is 14.3 Å². The van der Waals surface area contributed by atoms with Crippen molar-refractivity contribution in [2.24, 2.45) is 0 Å². The minimum atomic E-state index is -0.184. The van der Waals surface area contributed by atoms with Crippen LogP contribution >= 0.6 is 11.3 Å². The van der Waals surface area contributed by atoms with Gasteiger partial charge in [0.1, 0.15) is 0 Å². The zero-order chi connectivity index (χ0) is 28.9. The number of morpholine rings is 1. The number of nitrogens with one attached hydrogen (secondary N) is 1. The number of amides is 2. The van der Waals surface area contributed by atoms with Crippen LogP contribution in [0.25, 0.3) is 5.69 Å². The maximum atomic E-state index is 13.4. The molecule has 2 aliphatic rings. The number of aryl methyl sites for hydroxylation is 1. The van der Waals surface area contributed by atoms with Crippen molar-refractivity contribution in [3.63, 3.8) is 0 Å². The standard InChI is InChI=1S/C32H36N6O3S/c1-2-13-37(31(40)24-6-8-26(9-7-24)38-14-12-33-22-38)21-23-4-3-5-25(19-23)30(39)35-32-34-28-11-10-27(20-29(28)42-32)36-15-17-41-18-16-36/h3-9,12,14,19,22,27H,2,10-11,13,15-18,20-21H2,1H3,(H,34,35,39). The fourth-order valence-electron chi connectivity index (χ4n) is 5.76.